The van der Waals surface area contributed by atoms with Gasteiger partial charge in [0.05, 0.1) is 29.6 Å². The first-order chi connectivity index (χ1) is 28.8. The minimum atomic E-state index is -2.87. The zero-order chi connectivity index (χ0) is 43.6. The van der Waals surface area contributed by atoms with Crippen molar-refractivity contribution in [2.24, 2.45) is 56.7 Å². The van der Waals surface area contributed by atoms with Crippen molar-refractivity contribution in [2.75, 3.05) is 44.3 Å². The molecule has 9 nitrogen and oxygen atoms in total. The number of hydrogen-bond donors (Lipinski definition) is 1. The molecule has 2 heterocycles. The first-order valence-electron chi connectivity index (χ1n) is 24.1. The molecule has 0 aromatic carbocycles. The third kappa shape index (κ3) is 7.80. The summed E-state index contributed by atoms with van der Waals surface area (Å²) >= 11 is 0. The molecule has 8 rings (SSSR count). The van der Waals surface area contributed by atoms with Crippen LogP contribution in [0.15, 0.2) is 53.9 Å². The Morgan fingerprint density at radius 2 is 1.66 bits per heavy atom. The van der Waals surface area contributed by atoms with Gasteiger partial charge < -0.3 is 19.7 Å². The lowest BCUT2D eigenvalue weighted by Crippen LogP contribution is -2.68. The van der Waals surface area contributed by atoms with Crippen molar-refractivity contribution in [3.63, 3.8) is 0 Å². The van der Waals surface area contributed by atoms with Gasteiger partial charge in [-0.2, -0.15) is 0 Å². The SMILES string of the molecule is C=C(C)[C@@H]1CC[C@]2(NCCN3CCS(=O)(=O)CC3)CC[C@]3(C)[C@H](CC[C@@H]4[C@@]5(C)CC=C(C6=CCC(CCOc7ncccn7)(C(=O)OC(C)C)CC6)C(C)(C)[C@@H]5CC[C@]43C)[C@@H]12. The Morgan fingerprint density at radius 1 is 0.918 bits per heavy atom. The fourth-order valence-corrected chi connectivity index (χ4v) is 17.0. The minimum Gasteiger partial charge on any atom is -0.463 e. The molecule has 1 aromatic rings. The third-order valence-electron chi connectivity index (χ3n) is 19.1. The molecule has 1 saturated heterocycles. The number of nitrogens with zero attached hydrogens (tertiary/aromatic N) is 3. The van der Waals surface area contributed by atoms with Crippen LogP contribution in [0.5, 0.6) is 6.01 Å². The molecule has 61 heavy (non-hydrogen) atoms. The molecule has 7 aliphatic rings. The van der Waals surface area contributed by atoms with Crippen LogP contribution in [0.3, 0.4) is 0 Å². The zero-order valence-corrected chi connectivity index (χ0v) is 39.8. The highest BCUT2D eigenvalue weighted by Crippen LogP contribution is 2.76. The van der Waals surface area contributed by atoms with Crippen molar-refractivity contribution in [3.8, 4) is 6.01 Å². The van der Waals surface area contributed by atoms with Crippen LogP contribution in [-0.4, -0.2) is 85.2 Å². The highest BCUT2D eigenvalue weighted by Gasteiger charge is 2.70. The van der Waals surface area contributed by atoms with Crippen molar-refractivity contribution >= 4 is 15.8 Å². The van der Waals surface area contributed by atoms with Crippen molar-refractivity contribution in [1.82, 2.24) is 20.2 Å². The van der Waals surface area contributed by atoms with Crippen molar-refractivity contribution in [3.05, 3.63) is 53.9 Å². The quantitative estimate of drug-likeness (QED) is 0.162. The number of carbonyl (C=O) groups excluding carboxylic acids is 1. The summed E-state index contributed by atoms with van der Waals surface area (Å²) in [5.74, 6) is 3.58. The molecule has 10 atom stereocenters. The molecule has 0 amide bonds. The molecule has 1 aliphatic heterocycles. The summed E-state index contributed by atoms with van der Waals surface area (Å²) in [7, 11) is -2.87. The summed E-state index contributed by atoms with van der Waals surface area (Å²) in [6, 6.07) is 2.12. The number of aromatic nitrogens is 2. The smallest absolute Gasteiger partial charge is 0.316 e. The van der Waals surface area contributed by atoms with E-state index >= 15 is 0 Å². The van der Waals surface area contributed by atoms with E-state index in [2.05, 4.69) is 80.5 Å². The van der Waals surface area contributed by atoms with Crippen LogP contribution in [0.25, 0.3) is 0 Å². The number of fused-ring (bicyclic) bond motifs is 7. The molecular weight excluding hydrogens is 781 g/mol. The van der Waals surface area contributed by atoms with Crippen molar-refractivity contribution in [1.29, 1.82) is 0 Å². The second kappa shape index (κ2) is 16.5. The van der Waals surface area contributed by atoms with Gasteiger partial charge in [-0.05, 0) is 173 Å². The average Bonchev–Trinajstić information content (AvgIpc) is 3.59. The van der Waals surface area contributed by atoms with Gasteiger partial charge in [0.15, 0.2) is 9.84 Å². The van der Waals surface area contributed by atoms with Crippen LogP contribution in [0.4, 0.5) is 0 Å². The molecule has 6 aliphatic carbocycles. The Morgan fingerprint density at radius 3 is 2.33 bits per heavy atom. The number of rotatable bonds is 12. The molecule has 4 saturated carbocycles. The fraction of sp³-hybridized carbons (Fsp3) is 0.784. The Labute approximate surface area is 368 Å². The molecule has 5 fully saturated rings. The number of nitrogens with one attached hydrogen (secondary N) is 1. The van der Waals surface area contributed by atoms with Gasteiger partial charge >= 0.3 is 12.0 Å². The van der Waals surface area contributed by atoms with E-state index in [4.69, 9.17) is 9.47 Å². The minimum absolute atomic E-state index is 0.0325. The summed E-state index contributed by atoms with van der Waals surface area (Å²) < 4.78 is 36.1. The Kier molecular flexibility index (Phi) is 12.1. The maximum absolute atomic E-state index is 13.8. The highest BCUT2D eigenvalue weighted by molar-refractivity contribution is 7.91. The lowest BCUT2D eigenvalue weighted by molar-refractivity contribution is -0.221. The van der Waals surface area contributed by atoms with Crippen LogP contribution in [0.2, 0.25) is 0 Å². The second-order valence-electron chi connectivity index (χ2n) is 22.6. The topological polar surface area (TPSA) is 111 Å². The van der Waals surface area contributed by atoms with Crippen molar-refractivity contribution < 1.29 is 22.7 Å². The third-order valence-corrected chi connectivity index (χ3v) is 20.7. The maximum Gasteiger partial charge on any atom is 0.316 e. The molecule has 1 unspecified atom stereocenters. The number of sulfone groups is 1. The summed E-state index contributed by atoms with van der Waals surface area (Å²) in [5, 5.41) is 4.24. The molecule has 0 radical (unpaired) electrons. The van der Waals surface area contributed by atoms with Crippen molar-refractivity contribution in [2.45, 2.75) is 151 Å². The summed E-state index contributed by atoms with van der Waals surface area (Å²) in [5.41, 5.74) is 4.64. The van der Waals surface area contributed by atoms with Gasteiger partial charge in [-0.1, -0.05) is 58.9 Å². The molecule has 0 bridgehead atoms. The molecule has 1 aromatic heterocycles. The highest BCUT2D eigenvalue weighted by atomic mass is 32.2. The summed E-state index contributed by atoms with van der Waals surface area (Å²) in [4.78, 5) is 24.6. The van der Waals surface area contributed by atoms with Crippen LogP contribution in [-0.2, 0) is 19.4 Å². The molecule has 1 N–H and O–H groups in total. The molecule has 10 heteroatoms. The predicted molar refractivity (Wildman–Crippen MR) is 244 cm³/mol. The fourth-order valence-electron chi connectivity index (χ4n) is 15.7. The van der Waals surface area contributed by atoms with E-state index < -0.39 is 15.3 Å². The van der Waals surface area contributed by atoms with E-state index in [0.717, 1.165) is 32.4 Å². The standard InChI is InChI=1S/C51H78N4O5S/c1-35(2)38-15-22-51(54-28-29-55-30-33-61(57,58)34-31-55)24-23-48(8)40(43(38)51)11-12-42-47(7)18-16-39(46(5,6)41(47)17-19-49(42,48)9)37-13-20-50(21-14-37,44(56)60-36(3)4)25-32-59-45-52-26-10-27-53-45/h10,13,16,26-27,36,38,40-43,54H,1,11-12,14-15,17-25,28-34H2,2-9H3/t38-,40+,41-,42+,43+,47-,48+,49+,50?,51-/m0/s1. The number of carbonyl (C=O) groups is 1. The first kappa shape index (κ1) is 45.0. The van der Waals surface area contributed by atoms with E-state index in [9.17, 15) is 13.2 Å². The normalized spacial score (nSPS) is 40.4. The van der Waals surface area contributed by atoms with E-state index in [0.29, 0.717) is 79.6 Å². The number of ether oxygens (including phenoxy) is 2. The van der Waals surface area contributed by atoms with Crippen LogP contribution in [0.1, 0.15) is 139 Å². The Balaban J connectivity index is 1.00. The lowest BCUT2D eigenvalue weighted by atomic mass is 9.33. The second-order valence-corrected chi connectivity index (χ2v) is 24.9. The number of hydrogen-bond acceptors (Lipinski definition) is 9. The monoisotopic (exact) mass is 859 g/mol. The largest absolute Gasteiger partial charge is 0.463 e. The van der Waals surface area contributed by atoms with Crippen LogP contribution < -0.4 is 10.1 Å². The van der Waals surface area contributed by atoms with Gasteiger partial charge in [-0.15, -0.1) is 0 Å². The van der Waals surface area contributed by atoms with E-state index in [-0.39, 0.29) is 39.3 Å². The van der Waals surface area contributed by atoms with Gasteiger partial charge in [0.2, 0.25) is 0 Å². The first-order valence-corrected chi connectivity index (χ1v) is 26.0. The number of esters is 1. The van der Waals surface area contributed by atoms with Gasteiger partial charge in [-0.25, -0.2) is 18.4 Å². The van der Waals surface area contributed by atoms with Gasteiger partial charge in [0.1, 0.15) is 0 Å². The van der Waals surface area contributed by atoms with E-state index in [1.54, 1.807) is 18.5 Å². The maximum atomic E-state index is 13.8. The summed E-state index contributed by atoms with van der Waals surface area (Å²) in [6.45, 7) is 27.6. The van der Waals surface area contributed by atoms with Gasteiger partial charge in [-0.3, -0.25) is 4.79 Å². The van der Waals surface area contributed by atoms with Gasteiger partial charge in [0.25, 0.3) is 0 Å². The molecular formula is C51H78N4O5S. The zero-order valence-electron chi connectivity index (χ0n) is 39.0. The molecule has 0 spiro atoms. The summed E-state index contributed by atoms with van der Waals surface area (Å²) in [6.07, 6.45) is 22.3. The Bertz CT molecular complexity index is 1980. The van der Waals surface area contributed by atoms with E-state index in [1.807, 2.05) is 13.8 Å². The van der Waals surface area contributed by atoms with Gasteiger partial charge in [0, 0.05) is 44.1 Å². The van der Waals surface area contributed by atoms with Crippen LogP contribution in [0, 0.1) is 56.7 Å². The lowest BCUT2D eigenvalue weighted by Gasteiger charge is -2.72. The van der Waals surface area contributed by atoms with E-state index in [1.165, 1.54) is 68.1 Å². The average molecular weight is 859 g/mol. The predicted octanol–water partition coefficient (Wildman–Crippen LogP) is 9.56. The van der Waals surface area contributed by atoms with Crippen LogP contribution >= 0.6 is 0 Å². The number of allylic oxidation sites excluding steroid dienone is 5. The molecule has 338 valence electrons. The Hall–Kier alpha value is -2.56.